The lowest BCUT2D eigenvalue weighted by Crippen LogP contribution is -2.49. The molecule has 2 rings (SSSR count). The maximum absolute atomic E-state index is 10.8. The van der Waals surface area contributed by atoms with Gasteiger partial charge < -0.3 is 5.11 Å². The Kier molecular flexibility index (Phi) is 3.28. The van der Waals surface area contributed by atoms with E-state index < -0.39 is 5.60 Å². The summed E-state index contributed by atoms with van der Waals surface area (Å²) in [6, 6.07) is 10.1. The first-order valence-corrected chi connectivity index (χ1v) is 5.84. The zero-order chi connectivity index (χ0) is 11.6. The first-order valence-electron chi connectivity index (χ1n) is 5.84. The van der Waals surface area contributed by atoms with Crippen LogP contribution in [-0.2, 0) is 5.60 Å². The third-order valence-corrected chi connectivity index (χ3v) is 3.31. The second-order valence-corrected chi connectivity index (χ2v) is 4.76. The molecule has 2 N–H and O–H groups in total. The molecule has 0 aromatic heterocycles. The number of rotatable bonds is 3. The van der Waals surface area contributed by atoms with E-state index in [1.54, 1.807) is 0 Å². The highest BCUT2D eigenvalue weighted by Gasteiger charge is 2.42. The topological polar surface area (TPSA) is 35.5 Å². The predicted molar refractivity (Wildman–Crippen MR) is 64.8 cm³/mol. The van der Waals surface area contributed by atoms with Gasteiger partial charge in [0, 0.05) is 14.1 Å². The van der Waals surface area contributed by atoms with E-state index >= 15 is 0 Å². The molecule has 3 heteroatoms. The summed E-state index contributed by atoms with van der Waals surface area (Å²) in [5.74, 6) is 0. The van der Waals surface area contributed by atoms with Crippen molar-refractivity contribution in [2.45, 2.75) is 30.9 Å². The van der Waals surface area contributed by atoms with E-state index in [4.69, 9.17) is 0 Å². The van der Waals surface area contributed by atoms with Crippen molar-refractivity contribution in [3.8, 4) is 0 Å². The van der Waals surface area contributed by atoms with Crippen molar-refractivity contribution in [1.82, 2.24) is 10.4 Å². The molecule has 1 aliphatic rings. The molecule has 0 aliphatic heterocycles. The van der Waals surface area contributed by atoms with Gasteiger partial charge in [-0.25, -0.2) is 5.43 Å². The Balaban J connectivity index is 2.23. The van der Waals surface area contributed by atoms with Gasteiger partial charge in [0.2, 0.25) is 0 Å². The standard InChI is InChI=1S/C13H20N2O/c1-15(2)14-12-9-6-10-13(12,16)11-7-4-3-5-8-11/h3-5,7-8,12,14,16H,6,9-10H2,1-2H3/t12-,13-/m0/s1. The van der Waals surface area contributed by atoms with Crippen LogP contribution in [0.3, 0.4) is 0 Å². The van der Waals surface area contributed by atoms with Gasteiger partial charge in [-0.15, -0.1) is 0 Å². The van der Waals surface area contributed by atoms with Gasteiger partial charge in [-0.1, -0.05) is 30.3 Å². The number of hydrogen-bond acceptors (Lipinski definition) is 3. The van der Waals surface area contributed by atoms with Crippen LogP contribution in [0.1, 0.15) is 24.8 Å². The zero-order valence-corrected chi connectivity index (χ0v) is 9.98. The molecule has 0 radical (unpaired) electrons. The van der Waals surface area contributed by atoms with Crippen LogP contribution in [0.25, 0.3) is 0 Å². The Labute approximate surface area is 97.1 Å². The average Bonchev–Trinajstić information content (AvgIpc) is 2.62. The smallest absolute Gasteiger partial charge is 0.106 e. The molecule has 16 heavy (non-hydrogen) atoms. The molecule has 0 spiro atoms. The molecule has 1 aliphatic carbocycles. The van der Waals surface area contributed by atoms with E-state index in [2.05, 4.69) is 5.43 Å². The summed E-state index contributed by atoms with van der Waals surface area (Å²) >= 11 is 0. The highest BCUT2D eigenvalue weighted by molar-refractivity contribution is 5.25. The Morgan fingerprint density at radius 1 is 1.31 bits per heavy atom. The molecule has 1 saturated carbocycles. The Morgan fingerprint density at radius 2 is 2.00 bits per heavy atom. The number of hydrogen-bond donors (Lipinski definition) is 2. The van der Waals surface area contributed by atoms with Crippen molar-refractivity contribution in [2.24, 2.45) is 0 Å². The monoisotopic (exact) mass is 220 g/mol. The van der Waals surface area contributed by atoms with Gasteiger partial charge in [-0.3, -0.25) is 5.01 Å². The van der Waals surface area contributed by atoms with E-state index in [1.165, 1.54) is 0 Å². The van der Waals surface area contributed by atoms with Gasteiger partial charge >= 0.3 is 0 Å². The van der Waals surface area contributed by atoms with Crippen molar-refractivity contribution < 1.29 is 5.11 Å². The second kappa shape index (κ2) is 4.53. The number of aliphatic hydroxyl groups is 1. The summed E-state index contributed by atoms with van der Waals surface area (Å²) in [7, 11) is 3.92. The first-order chi connectivity index (χ1) is 7.63. The molecule has 0 saturated heterocycles. The minimum atomic E-state index is -0.717. The zero-order valence-electron chi connectivity index (χ0n) is 9.98. The van der Waals surface area contributed by atoms with Gasteiger partial charge in [0.05, 0.1) is 6.04 Å². The summed E-state index contributed by atoms with van der Waals surface area (Å²) in [6.07, 6.45) is 2.92. The van der Waals surface area contributed by atoms with Gasteiger partial charge in [-0.05, 0) is 24.8 Å². The van der Waals surface area contributed by atoms with Crippen LogP contribution in [0.4, 0.5) is 0 Å². The first kappa shape index (κ1) is 11.6. The van der Waals surface area contributed by atoms with E-state index in [1.807, 2.05) is 49.4 Å². The van der Waals surface area contributed by atoms with E-state index in [0.717, 1.165) is 24.8 Å². The Bertz CT molecular complexity index is 339. The second-order valence-electron chi connectivity index (χ2n) is 4.76. The van der Waals surface area contributed by atoms with Gasteiger partial charge in [0.15, 0.2) is 0 Å². The lowest BCUT2D eigenvalue weighted by Gasteiger charge is -2.33. The molecule has 0 unspecified atom stereocenters. The third-order valence-electron chi connectivity index (χ3n) is 3.31. The molecular weight excluding hydrogens is 200 g/mol. The summed E-state index contributed by atoms with van der Waals surface area (Å²) in [4.78, 5) is 0. The SMILES string of the molecule is CN(C)N[C@H]1CCC[C@]1(O)c1ccccc1. The lowest BCUT2D eigenvalue weighted by molar-refractivity contribution is -0.00462. The highest BCUT2D eigenvalue weighted by atomic mass is 16.3. The fraction of sp³-hybridized carbons (Fsp3) is 0.538. The maximum atomic E-state index is 10.8. The summed E-state index contributed by atoms with van der Waals surface area (Å²) in [6.45, 7) is 0. The summed E-state index contributed by atoms with van der Waals surface area (Å²) < 4.78 is 0. The largest absolute Gasteiger partial charge is 0.383 e. The summed E-state index contributed by atoms with van der Waals surface area (Å²) in [5, 5.41) is 12.7. The molecule has 1 fully saturated rings. The van der Waals surface area contributed by atoms with Crippen LogP contribution in [0.2, 0.25) is 0 Å². The maximum Gasteiger partial charge on any atom is 0.106 e. The molecule has 1 aromatic rings. The molecule has 0 amide bonds. The molecule has 1 aromatic carbocycles. The van der Waals surface area contributed by atoms with E-state index in [-0.39, 0.29) is 6.04 Å². The number of nitrogens with zero attached hydrogens (tertiary/aromatic N) is 1. The van der Waals surface area contributed by atoms with Crippen LogP contribution in [0, 0.1) is 0 Å². The Hall–Kier alpha value is -0.900. The van der Waals surface area contributed by atoms with Crippen molar-refractivity contribution in [1.29, 1.82) is 0 Å². The fourth-order valence-corrected chi connectivity index (χ4v) is 2.54. The van der Waals surface area contributed by atoms with Gasteiger partial charge in [-0.2, -0.15) is 0 Å². The minimum absolute atomic E-state index is 0.116. The van der Waals surface area contributed by atoms with Crippen molar-refractivity contribution in [2.75, 3.05) is 14.1 Å². The molecule has 0 bridgehead atoms. The highest BCUT2D eigenvalue weighted by Crippen LogP contribution is 2.38. The predicted octanol–water partition coefficient (Wildman–Crippen LogP) is 1.49. The van der Waals surface area contributed by atoms with Gasteiger partial charge in [0.1, 0.15) is 5.60 Å². The third kappa shape index (κ3) is 2.12. The van der Waals surface area contributed by atoms with Crippen molar-refractivity contribution in [3.63, 3.8) is 0 Å². The van der Waals surface area contributed by atoms with Crippen LogP contribution in [0.15, 0.2) is 30.3 Å². The molecule has 88 valence electrons. The number of benzene rings is 1. The fourth-order valence-electron chi connectivity index (χ4n) is 2.54. The molecule has 3 nitrogen and oxygen atoms in total. The Morgan fingerprint density at radius 3 is 2.62 bits per heavy atom. The normalized spacial score (nSPS) is 29.9. The van der Waals surface area contributed by atoms with Crippen LogP contribution in [-0.4, -0.2) is 30.3 Å². The van der Waals surface area contributed by atoms with Gasteiger partial charge in [0.25, 0.3) is 0 Å². The number of hydrazine groups is 1. The van der Waals surface area contributed by atoms with E-state index in [9.17, 15) is 5.11 Å². The van der Waals surface area contributed by atoms with E-state index in [0.29, 0.717) is 0 Å². The quantitative estimate of drug-likeness (QED) is 0.758. The average molecular weight is 220 g/mol. The number of nitrogens with one attached hydrogen (secondary N) is 1. The van der Waals surface area contributed by atoms with Crippen LogP contribution in [0.5, 0.6) is 0 Å². The van der Waals surface area contributed by atoms with Crippen molar-refractivity contribution in [3.05, 3.63) is 35.9 Å². The van der Waals surface area contributed by atoms with Crippen LogP contribution < -0.4 is 5.43 Å². The molecule has 0 heterocycles. The molecule has 2 atom stereocenters. The minimum Gasteiger partial charge on any atom is -0.383 e. The summed E-state index contributed by atoms with van der Waals surface area (Å²) in [5.41, 5.74) is 3.62. The van der Waals surface area contributed by atoms with Crippen LogP contribution >= 0.6 is 0 Å². The van der Waals surface area contributed by atoms with Crippen molar-refractivity contribution >= 4 is 0 Å². The lowest BCUT2D eigenvalue weighted by atomic mass is 9.89. The molecular formula is C13H20N2O.